The molecule has 0 aliphatic rings. The van der Waals surface area contributed by atoms with Crippen molar-refractivity contribution < 1.29 is 13.2 Å². The van der Waals surface area contributed by atoms with E-state index in [4.69, 9.17) is 10.7 Å². The van der Waals surface area contributed by atoms with E-state index >= 15 is 0 Å². The van der Waals surface area contributed by atoms with Gasteiger partial charge in [0, 0.05) is 35.5 Å². The topological polar surface area (TPSA) is 165 Å². The number of benzene rings is 1. The summed E-state index contributed by atoms with van der Waals surface area (Å²) >= 11 is 0. The highest BCUT2D eigenvalue weighted by Crippen LogP contribution is 2.32. The third-order valence-corrected chi connectivity index (χ3v) is 9.62. The molecule has 0 saturated heterocycles. The second-order valence-corrected chi connectivity index (χ2v) is 12.7. The van der Waals surface area contributed by atoms with E-state index in [9.17, 15) is 13.2 Å². The fourth-order valence-electron chi connectivity index (χ4n) is 5.48. The molecule has 4 aromatic heterocycles. The summed E-state index contributed by atoms with van der Waals surface area (Å²) in [5.74, 6) is -0.126. The Morgan fingerprint density at radius 2 is 1.82 bits per heavy atom. The van der Waals surface area contributed by atoms with Crippen LogP contribution in [0, 0.1) is 0 Å². The molecule has 0 bridgehead atoms. The summed E-state index contributed by atoms with van der Waals surface area (Å²) in [7, 11) is -3.76. The van der Waals surface area contributed by atoms with Crippen LogP contribution in [0.3, 0.4) is 0 Å². The molecule has 0 radical (unpaired) electrons. The molecule has 1 amide bonds. The second kappa shape index (κ2) is 13.3. The molecular weight excluding hydrogens is 578 g/mol. The Labute approximate surface area is 256 Å². The lowest BCUT2D eigenvalue weighted by Gasteiger charge is -2.30. The van der Waals surface area contributed by atoms with Crippen LogP contribution in [-0.2, 0) is 16.3 Å². The number of hydrogen-bond donors (Lipinski definition) is 2. The summed E-state index contributed by atoms with van der Waals surface area (Å²) in [4.78, 5) is 28.6. The number of hydrogen-bond acceptors (Lipinski definition) is 9. The number of nitrogen functional groups attached to an aromatic ring is 1. The maximum absolute atomic E-state index is 13.5. The molecule has 0 aliphatic carbocycles. The highest BCUT2D eigenvalue weighted by atomic mass is 32.2. The highest BCUT2D eigenvalue weighted by molar-refractivity contribution is 7.91. The van der Waals surface area contributed by atoms with Gasteiger partial charge in [-0.1, -0.05) is 57.2 Å². The number of rotatable bonds is 13. The molecule has 1 aromatic carbocycles. The van der Waals surface area contributed by atoms with Crippen LogP contribution < -0.4 is 5.73 Å². The Morgan fingerprint density at radius 3 is 2.45 bits per heavy atom. The molecule has 4 heterocycles. The van der Waals surface area contributed by atoms with E-state index in [2.05, 4.69) is 25.3 Å². The number of H-pyrrole nitrogens is 1. The van der Waals surface area contributed by atoms with Crippen molar-refractivity contribution in [3.05, 3.63) is 72.7 Å². The monoisotopic (exact) mass is 615 g/mol. The number of nitrogens with zero attached hydrogens (tertiary/aromatic N) is 7. The lowest BCUT2D eigenvalue weighted by Crippen LogP contribution is -2.41. The molecule has 0 unspecified atom stereocenters. The molecule has 44 heavy (non-hydrogen) atoms. The zero-order valence-electron chi connectivity index (χ0n) is 25.1. The fourth-order valence-corrected chi connectivity index (χ4v) is 7.14. The van der Waals surface area contributed by atoms with E-state index in [0.717, 1.165) is 23.2 Å². The third-order valence-electron chi connectivity index (χ3n) is 7.60. The summed E-state index contributed by atoms with van der Waals surface area (Å²) < 4.78 is 28.4. The number of aromatic nitrogens is 7. The van der Waals surface area contributed by atoms with Gasteiger partial charge in [0.2, 0.25) is 5.82 Å². The summed E-state index contributed by atoms with van der Waals surface area (Å²) in [6.07, 6.45) is 7.29. The molecule has 0 saturated carbocycles. The Kier molecular flexibility index (Phi) is 9.33. The largest absolute Gasteiger partial charge is 0.382 e. The molecule has 0 spiro atoms. The number of amides is 1. The van der Waals surface area contributed by atoms with Gasteiger partial charge in [-0.05, 0) is 38.2 Å². The van der Waals surface area contributed by atoms with Gasteiger partial charge in [-0.15, -0.1) is 0 Å². The number of aromatic amines is 1. The van der Waals surface area contributed by atoms with Gasteiger partial charge in [0.05, 0.1) is 23.3 Å². The normalized spacial score (nSPS) is 12.4. The number of nitrogens with two attached hydrogens (primary N) is 1. The number of fused-ring (bicyclic) bond motifs is 1. The minimum absolute atomic E-state index is 0.00231. The van der Waals surface area contributed by atoms with Crippen molar-refractivity contribution >= 4 is 27.2 Å². The first-order chi connectivity index (χ1) is 21.3. The molecule has 13 heteroatoms. The lowest BCUT2D eigenvalue weighted by atomic mass is 10.0. The molecule has 0 aliphatic heterocycles. The number of pyridine rings is 1. The number of carbonyl (C=O) groups excluding carboxylic acids is 1. The van der Waals surface area contributed by atoms with Crippen molar-refractivity contribution in [1.29, 1.82) is 0 Å². The number of anilines is 1. The maximum Gasteiger partial charge on any atom is 0.291 e. The molecule has 230 valence electrons. The van der Waals surface area contributed by atoms with Crippen LogP contribution in [-0.4, -0.2) is 72.3 Å². The van der Waals surface area contributed by atoms with Gasteiger partial charge in [0.1, 0.15) is 17.0 Å². The van der Waals surface area contributed by atoms with Gasteiger partial charge in [0.25, 0.3) is 5.91 Å². The SMILES string of the molecule is CCCN(C(=O)c1ncn[nH]1)[C@H](CC)CCc1nc2c(-c3ccc(-c4ccccc4)nc3)cnn2c(N)c1S(=O)(=O)CCC. The maximum atomic E-state index is 13.5. The summed E-state index contributed by atoms with van der Waals surface area (Å²) in [5, 5.41) is 10.9. The number of sulfone groups is 1. The van der Waals surface area contributed by atoms with Crippen LogP contribution in [0.4, 0.5) is 5.82 Å². The Hall–Kier alpha value is -4.65. The Morgan fingerprint density at radius 1 is 1.02 bits per heavy atom. The zero-order chi connectivity index (χ0) is 31.3. The van der Waals surface area contributed by atoms with Crippen molar-refractivity contribution in [3.8, 4) is 22.4 Å². The van der Waals surface area contributed by atoms with Gasteiger partial charge in [-0.25, -0.2) is 18.4 Å². The third kappa shape index (κ3) is 6.18. The van der Waals surface area contributed by atoms with E-state index in [1.54, 1.807) is 17.3 Å². The van der Waals surface area contributed by atoms with Gasteiger partial charge in [0.15, 0.2) is 15.5 Å². The Balaban J connectivity index is 1.54. The van der Waals surface area contributed by atoms with Gasteiger partial charge >= 0.3 is 0 Å². The zero-order valence-corrected chi connectivity index (χ0v) is 26.0. The van der Waals surface area contributed by atoms with E-state index in [1.165, 1.54) is 10.8 Å². The van der Waals surface area contributed by atoms with Crippen molar-refractivity contribution in [2.45, 2.75) is 63.8 Å². The lowest BCUT2D eigenvalue weighted by molar-refractivity contribution is 0.0650. The van der Waals surface area contributed by atoms with Crippen molar-refractivity contribution in [2.75, 3.05) is 18.0 Å². The standard InChI is InChI=1S/C31H37N9O3S/c1-4-16-39(31(41)29-34-20-35-38-29)23(6-3)13-15-26-27(44(42,43)17-5-2)28(32)40-30(37-26)24(19-36-40)22-12-14-25(33-18-22)21-10-8-7-9-11-21/h7-12,14,18-20,23H,4-6,13,15-17,32H2,1-3H3,(H,34,35,38)/t23-/m1/s1. The van der Waals surface area contributed by atoms with Gasteiger partial charge in [-0.2, -0.15) is 14.7 Å². The van der Waals surface area contributed by atoms with E-state index in [0.29, 0.717) is 42.7 Å². The van der Waals surface area contributed by atoms with Crippen molar-refractivity contribution in [1.82, 2.24) is 39.7 Å². The van der Waals surface area contributed by atoms with E-state index < -0.39 is 9.84 Å². The number of carbonyl (C=O) groups is 1. The quantitative estimate of drug-likeness (QED) is 0.192. The Bertz CT molecular complexity index is 1820. The van der Waals surface area contributed by atoms with Crippen LogP contribution in [0.1, 0.15) is 62.8 Å². The smallest absolute Gasteiger partial charge is 0.291 e. The minimum atomic E-state index is -3.76. The first-order valence-electron chi connectivity index (χ1n) is 14.9. The number of aryl methyl sites for hydroxylation is 1. The molecule has 5 rings (SSSR count). The predicted octanol–water partition coefficient (Wildman–Crippen LogP) is 4.61. The molecule has 1 atom stereocenters. The summed E-state index contributed by atoms with van der Waals surface area (Å²) in [6.45, 7) is 6.33. The molecule has 12 nitrogen and oxygen atoms in total. The average Bonchev–Trinajstić information content (AvgIpc) is 3.72. The minimum Gasteiger partial charge on any atom is -0.382 e. The van der Waals surface area contributed by atoms with Crippen molar-refractivity contribution in [2.24, 2.45) is 0 Å². The first kappa shape index (κ1) is 30.8. The van der Waals surface area contributed by atoms with Crippen LogP contribution in [0.5, 0.6) is 0 Å². The van der Waals surface area contributed by atoms with Gasteiger partial charge in [-0.3, -0.25) is 14.9 Å². The van der Waals surface area contributed by atoms with Crippen molar-refractivity contribution in [3.63, 3.8) is 0 Å². The molecular formula is C31H37N9O3S. The summed E-state index contributed by atoms with van der Waals surface area (Å²) in [5.41, 5.74) is 10.7. The average molecular weight is 616 g/mol. The fraction of sp³-hybridized carbons (Fsp3) is 0.355. The van der Waals surface area contributed by atoms with E-state index in [1.807, 2.05) is 63.2 Å². The van der Waals surface area contributed by atoms with Gasteiger partial charge < -0.3 is 10.6 Å². The second-order valence-electron chi connectivity index (χ2n) is 10.6. The predicted molar refractivity (Wildman–Crippen MR) is 169 cm³/mol. The molecule has 0 fully saturated rings. The molecule has 3 N–H and O–H groups in total. The first-order valence-corrected chi connectivity index (χ1v) is 16.5. The van der Waals surface area contributed by atoms with Crippen LogP contribution in [0.15, 0.2) is 66.1 Å². The van der Waals surface area contributed by atoms with Crippen LogP contribution >= 0.6 is 0 Å². The summed E-state index contributed by atoms with van der Waals surface area (Å²) in [6, 6.07) is 13.6. The number of nitrogens with one attached hydrogen (secondary N) is 1. The van der Waals surface area contributed by atoms with Crippen LogP contribution in [0.2, 0.25) is 0 Å². The molecule has 5 aromatic rings. The van der Waals surface area contributed by atoms with Crippen LogP contribution in [0.25, 0.3) is 28.0 Å². The highest BCUT2D eigenvalue weighted by Gasteiger charge is 2.29. The van der Waals surface area contributed by atoms with E-state index in [-0.39, 0.29) is 40.7 Å².